The molecule has 0 unspecified atom stereocenters. The first kappa shape index (κ1) is 30.2. The number of anilines is 1. The van der Waals surface area contributed by atoms with Crippen LogP contribution in [0.5, 0.6) is 0 Å². The third-order valence-electron chi connectivity index (χ3n) is 7.70. The maximum Gasteiger partial charge on any atom is 0.264 e. The molecular weight excluding hydrogens is 541 g/mol. The number of hydrogen-bond acceptors (Lipinski definition) is 4. The smallest absolute Gasteiger partial charge is 0.264 e. The van der Waals surface area contributed by atoms with Crippen LogP contribution >= 0.6 is 0 Å². The monoisotopic (exact) mass is 579 g/mol. The van der Waals surface area contributed by atoms with Gasteiger partial charge in [-0.15, -0.1) is 0 Å². The van der Waals surface area contributed by atoms with Gasteiger partial charge in [-0.1, -0.05) is 73.9 Å². The van der Waals surface area contributed by atoms with E-state index in [-0.39, 0.29) is 29.0 Å². The maximum absolute atomic E-state index is 14.7. The molecule has 0 bridgehead atoms. The lowest BCUT2D eigenvalue weighted by Crippen LogP contribution is -2.52. The summed E-state index contributed by atoms with van der Waals surface area (Å²) in [7, 11) is -4.17. The van der Waals surface area contributed by atoms with E-state index < -0.39 is 34.3 Å². The zero-order chi connectivity index (χ0) is 29.6. The second-order valence-electron chi connectivity index (χ2n) is 10.6. The third kappa shape index (κ3) is 7.14. The predicted octanol–water partition coefficient (Wildman–Crippen LogP) is 5.37. The van der Waals surface area contributed by atoms with Crippen molar-refractivity contribution < 1.29 is 22.4 Å². The number of nitrogens with one attached hydrogen (secondary N) is 1. The van der Waals surface area contributed by atoms with E-state index in [1.807, 2.05) is 26.0 Å². The molecule has 0 spiro atoms. The van der Waals surface area contributed by atoms with Crippen molar-refractivity contribution in [3.63, 3.8) is 0 Å². The third-order valence-corrected chi connectivity index (χ3v) is 9.47. The van der Waals surface area contributed by atoms with Crippen molar-refractivity contribution in [1.29, 1.82) is 0 Å². The minimum Gasteiger partial charge on any atom is -0.352 e. The van der Waals surface area contributed by atoms with Gasteiger partial charge >= 0.3 is 0 Å². The number of carbonyl (C=O) groups is 2. The molecule has 7 nitrogen and oxygen atoms in total. The van der Waals surface area contributed by atoms with Crippen LogP contribution in [-0.4, -0.2) is 43.8 Å². The molecule has 1 N–H and O–H groups in total. The van der Waals surface area contributed by atoms with Crippen LogP contribution in [0.4, 0.5) is 10.1 Å². The number of benzene rings is 3. The summed E-state index contributed by atoms with van der Waals surface area (Å²) in [5.41, 5.74) is 2.28. The summed E-state index contributed by atoms with van der Waals surface area (Å²) in [5.74, 6) is -1.46. The van der Waals surface area contributed by atoms with E-state index in [1.165, 1.54) is 23.1 Å². The molecule has 218 valence electrons. The molecule has 3 aromatic rings. The molecule has 1 saturated carbocycles. The average Bonchev–Trinajstić information content (AvgIpc) is 3.48. The summed E-state index contributed by atoms with van der Waals surface area (Å²) in [5, 5.41) is 3.02. The Labute approximate surface area is 242 Å². The van der Waals surface area contributed by atoms with E-state index in [4.69, 9.17) is 0 Å². The first-order valence-electron chi connectivity index (χ1n) is 14.1. The number of amides is 2. The summed E-state index contributed by atoms with van der Waals surface area (Å²) in [6.07, 6.45) is 4.34. The number of sulfonamides is 1. The van der Waals surface area contributed by atoms with Crippen LogP contribution in [0, 0.1) is 12.7 Å². The molecular formula is C32H38FN3O4S. The van der Waals surface area contributed by atoms with Crippen molar-refractivity contribution in [2.24, 2.45) is 0 Å². The molecule has 1 aliphatic carbocycles. The van der Waals surface area contributed by atoms with Crippen molar-refractivity contribution in [3.05, 3.63) is 95.3 Å². The lowest BCUT2D eigenvalue weighted by Gasteiger charge is -2.33. The Morgan fingerprint density at radius 3 is 2.20 bits per heavy atom. The molecule has 1 atom stereocenters. The Morgan fingerprint density at radius 2 is 1.56 bits per heavy atom. The van der Waals surface area contributed by atoms with Gasteiger partial charge in [-0.3, -0.25) is 13.9 Å². The Kier molecular flexibility index (Phi) is 9.81. The topological polar surface area (TPSA) is 86.8 Å². The van der Waals surface area contributed by atoms with Gasteiger partial charge in [0.1, 0.15) is 18.4 Å². The zero-order valence-electron chi connectivity index (χ0n) is 23.8. The number of halogens is 1. The summed E-state index contributed by atoms with van der Waals surface area (Å²) in [4.78, 5) is 28.7. The van der Waals surface area contributed by atoms with Crippen LogP contribution in [-0.2, 0) is 32.6 Å². The van der Waals surface area contributed by atoms with E-state index in [0.29, 0.717) is 12.1 Å². The van der Waals surface area contributed by atoms with E-state index in [2.05, 4.69) is 5.32 Å². The Bertz CT molecular complexity index is 1470. The Morgan fingerprint density at radius 1 is 0.951 bits per heavy atom. The van der Waals surface area contributed by atoms with E-state index in [9.17, 15) is 22.4 Å². The molecule has 2 amide bonds. The predicted molar refractivity (Wildman–Crippen MR) is 158 cm³/mol. The Balaban J connectivity index is 1.72. The van der Waals surface area contributed by atoms with Crippen LogP contribution < -0.4 is 9.62 Å². The summed E-state index contributed by atoms with van der Waals surface area (Å²) in [6, 6.07) is 18.7. The molecule has 0 aliphatic heterocycles. The van der Waals surface area contributed by atoms with Gasteiger partial charge in [-0.2, -0.15) is 0 Å². The average molecular weight is 580 g/mol. The van der Waals surface area contributed by atoms with Crippen LogP contribution in [0.1, 0.15) is 56.2 Å². The van der Waals surface area contributed by atoms with Crippen molar-refractivity contribution in [3.8, 4) is 0 Å². The van der Waals surface area contributed by atoms with Crippen molar-refractivity contribution in [2.45, 2.75) is 76.4 Å². The van der Waals surface area contributed by atoms with Gasteiger partial charge in [0.25, 0.3) is 10.0 Å². The molecule has 3 aromatic carbocycles. The SMILES string of the molecule is CCc1ccccc1N(CC(=O)N(Cc1ccccc1F)[C@H](C)C(=O)NC1CCCC1)S(=O)(=O)c1ccc(C)cc1. The van der Waals surface area contributed by atoms with Crippen molar-refractivity contribution in [2.75, 3.05) is 10.8 Å². The van der Waals surface area contributed by atoms with Gasteiger partial charge < -0.3 is 10.2 Å². The van der Waals surface area contributed by atoms with E-state index in [1.54, 1.807) is 49.4 Å². The lowest BCUT2D eigenvalue weighted by atomic mass is 10.1. The van der Waals surface area contributed by atoms with Crippen molar-refractivity contribution in [1.82, 2.24) is 10.2 Å². The van der Waals surface area contributed by atoms with Crippen LogP contribution in [0.15, 0.2) is 77.7 Å². The number of para-hydroxylation sites is 1. The van der Waals surface area contributed by atoms with E-state index in [0.717, 1.165) is 41.1 Å². The molecule has 0 aromatic heterocycles. The number of nitrogens with zero attached hydrogens (tertiary/aromatic N) is 2. The quantitative estimate of drug-likeness (QED) is 0.331. The molecule has 0 saturated heterocycles. The highest BCUT2D eigenvalue weighted by Gasteiger charge is 2.34. The second-order valence-corrected chi connectivity index (χ2v) is 12.4. The highest BCUT2D eigenvalue weighted by molar-refractivity contribution is 7.92. The summed E-state index contributed by atoms with van der Waals surface area (Å²) < 4.78 is 43.9. The minimum atomic E-state index is -4.17. The highest BCUT2D eigenvalue weighted by atomic mass is 32.2. The number of carbonyl (C=O) groups excluding carboxylic acids is 2. The molecule has 4 rings (SSSR count). The molecule has 9 heteroatoms. The second kappa shape index (κ2) is 13.3. The minimum absolute atomic E-state index is 0.0326. The number of aryl methyl sites for hydroxylation is 2. The number of hydrogen-bond donors (Lipinski definition) is 1. The maximum atomic E-state index is 14.7. The van der Waals surface area contributed by atoms with Crippen LogP contribution in [0.2, 0.25) is 0 Å². The largest absolute Gasteiger partial charge is 0.352 e. The lowest BCUT2D eigenvalue weighted by molar-refractivity contribution is -0.139. The standard InChI is InChI=1S/C32H38FN3O4S/c1-4-25-11-6-10-16-30(25)36(41(39,40)28-19-17-23(2)18-20-28)22-31(37)35(21-26-12-5-9-15-29(26)33)24(3)32(38)34-27-13-7-8-14-27/h5-6,9-12,15-20,24,27H,4,7-8,13-14,21-22H2,1-3H3,(H,34,38)/t24-/m1/s1. The van der Waals surface area contributed by atoms with Gasteiger partial charge in [0.15, 0.2) is 0 Å². The highest BCUT2D eigenvalue weighted by Crippen LogP contribution is 2.28. The first-order valence-corrected chi connectivity index (χ1v) is 15.6. The fraction of sp³-hybridized carbons (Fsp3) is 0.375. The fourth-order valence-electron chi connectivity index (χ4n) is 5.19. The van der Waals surface area contributed by atoms with Crippen LogP contribution in [0.3, 0.4) is 0 Å². The Hall–Kier alpha value is -3.72. The molecule has 1 fully saturated rings. The molecule has 0 heterocycles. The summed E-state index contributed by atoms with van der Waals surface area (Å²) in [6.45, 7) is 4.64. The fourth-order valence-corrected chi connectivity index (χ4v) is 6.64. The molecule has 41 heavy (non-hydrogen) atoms. The van der Waals surface area contributed by atoms with Gasteiger partial charge in [-0.05, 0) is 62.9 Å². The normalized spacial score (nSPS) is 14.4. The zero-order valence-corrected chi connectivity index (χ0v) is 24.7. The first-order chi connectivity index (χ1) is 19.6. The van der Waals surface area contributed by atoms with Crippen LogP contribution in [0.25, 0.3) is 0 Å². The van der Waals surface area contributed by atoms with Crippen molar-refractivity contribution >= 4 is 27.5 Å². The summed E-state index contributed by atoms with van der Waals surface area (Å²) >= 11 is 0. The van der Waals surface area contributed by atoms with Gasteiger partial charge in [0.05, 0.1) is 10.6 Å². The van der Waals surface area contributed by atoms with E-state index >= 15 is 0 Å². The van der Waals surface area contributed by atoms with Gasteiger partial charge in [0.2, 0.25) is 11.8 Å². The van der Waals surface area contributed by atoms with Gasteiger partial charge in [0, 0.05) is 18.2 Å². The number of rotatable bonds is 11. The van der Waals surface area contributed by atoms with Gasteiger partial charge in [-0.25, -0.2) is 12.8 Å². The molecule has 0 radical (unpaired) electrons. The molecule has 1 aliphatic rings.